The maximum absolute atomic E-state index is 4.48. The smallest absolute Gasteiger partial charge is 0.0572 e. The van der Waals surface area contributed by atoms with Crippen molar-refractivity contribution < 1.29 is 0 Å². The third kappa shape index (κ3) is 2.18. The number of hydrogen-bond donors (Lipinski definition) is 0. The fraction of sp³-hybridized carbons (Fsp3) is 0.417. The summed E-state index contributed by atoms with van der Waals surface area (Å²) in [6, 6.07) is 0. The van der Waals surface area contributed by atoms with Crippen molar-refractivity contribution in [3.05, 3.63) is 36.5 Å². The van der Waals surface area contributed by atoms with Gasteiger partial charge in [0, 0.05) is 11.1 Å². The van der Waals surface area contributed by atoms with Crippen LogP contribution >= 0.6 is 0 Å². The highest BCUT2D eigenvalue weighted by Crippen LogP contribution is 2.28. The summed E-state index contributed by atoms with van der Waals surface area (Å²) >= 11 is 0. The summed E-state index contributed by atoms with van der Waals surface area (Å²) in [5.74, 6) is 0. The Hall–Kier alpha value is -1.11. The molecule has 0 unspecified atom stereocenters. The Kier molecular flexibility index (Phi) is 2.86. The number of hydrogen-bond acceptors (Lipinski definition) is 1. The normalized spacial score (nSPS) is 26.7. The lowest BCUT2D eigenvalue weighted by molar-refractivity contribution is 0.640. The van der Waals surface area contributed by atoms with E-state index in [0.717, 1.165) is 17.8 Å². The SMILES string of the molecule is C=C1/C=C\C=C/CN=C(C)C1(C)C. The van der Waals surface area contributed by atoms with Crippen LogP contribution in [0.25, 0.3) is 0 Å². The molecule has 1 aliphatic rings. The van der Waals surface area contributed by atoms with Gasteiger partial charge < -0.3 is 0 Å². The Labute approximate surface area is 80.6 Å². The summed E-state index contributed by atoms with van der Waals surface area (Å²) < 4.78 is 0. The monoisotopic (exact) mass is 175 g/mol. The summed E-state index contributed by atoms with van der Waals surface area (Å²) in [5.41, 5.74) is 2.25. The van der Waals surface area contributed by atoms with Crippen LogP contribution in [-0.4, -0.2) is 12.3 Å². The van der Waals surface area contributed by atoms with Crippen molar-refractivity contribution in [1.82, 2.24) is 0 Å². The first kappa shape index (κ1) is 9.97. The molecule has 0 fully saturated rings. The number of nitrogens with zero attached hydrogens (tertiary/aromatic N) is 1. The van der Waals surface area contributed by atoms with E-state index in [4.69, 9.17) is 0 Å². The zero-order valence-electron chi connectivity index (χ0n) is 8.67. The molecule has 1 aliphatic heterocycles. The van der Waals surface area contributed by atoms with Crippen LogP contribution in [0.4, 0.5) is 0 Å². The van der Waals surface area contributed by atoms with Crippen molar-refractivity contribution in [1.29, 1.82) is 0 Å². The zero-order valence-corrected chi connectivity index (χ0v) is 8.67. The molecule has 0 N–H and O–H groups in total. The van der Waals surface area contributed by atoms with Crippen LogP contribution < -0.4 is 0 Å². The minimum absolute atomic E-state index is 0.0114. The minimum atomic E-state index is -0.0114. The van der Waals surface area contributed by atoms with Gasteiger partial charge in [0.1, 0.15) is 0 Å². The molecule has 70 valence electrons. The predicted molar refractivity (Wildman–Crippen MR) is 59.2 cm³/mol. The largest absolute Gasteiger partial charge is 0.289 e. The van der Waals surface area contributed by atoms with Crippen LogP contribution in [-0.2, 0) is 0 Å². The Morgan fingerprint density at radius 1 is 1.38 bits per heavy atom. The summed E-state index contributed by atoms with van der Waals surface area (Å²) in [5, 5.41) is 0. The first-order valence-corrected chi connectivity index (χ1v) is 4.59. The molecule has 0 aromatic rings. The predicted octanol–water partition coefficient (Wildman–Crippen LogP) is 3.16. The highest BCUT2D eigenvalue weighted by Gasteiger charge is 2.23. The van der Waals surface area contributed by atoms with Gasteiger partial charge in [-0.05, 0) is 12.5 Å². The van der Waals surface area contributed by atoms with Crippen LogP contribution in [0.5, 0.6) is 0 Å². The van der Waals surface area contributed by atoms with E-state index < -0.39 is 0 Å². The van der Waals surface area contributed by atoms with E-state index in [1.54, 1.807) is 0 Å². The van der Waals surface area contributed by atoms with Crippen molar-refractivity contribution >= 4 is 5.71 Å². The van der Waals surface area contributed by atoms with Crippen molar-refractivity contribution in [2.45, 2.75) is 20.8 Å². The van der Waals surface area contributed by atoms with E-state index in [-0.39, 0.29) is 5.41 Å². The van der Waals surface area contributed by atoms with Crippen LogP contribution in [0, 0.1) is 5.41 Å². The average molecular weight is 175 g/mol. The molecule has 0 aromatic carbocycles. The van der Waals surface area contributed by atoms with Gasteiger partial charge in [0.15, 0.2) is 0 Å². The molecule has 1 nitrogen and oxygen atoms in total. The molecule has 0 bridgehead atoms. The van der Waals surface area contributed by atoms with E-state index in [0.29, 0.717) is 0 Å². The molecule has 0 atom stereocenters. The number of aliphatic imine (C=N–C) groups is 1. The maximum Gasteiger partial charge on any atom is 0.0572 e. The van der Waals surface area contributed by atoms with Crippen LogP contribution in [0.2, 0.25) is 0 Å². The lowest BCUT2D eigenvalue weighted by Gasteiger charge is -2.25. The van der Waals surface area contributed by atoms with E-state index in [1.165, 1.54) is 0 Å². The topological polar surface area (TPSA) is 12.4 Å². The van der Waals surface area contributed by atoms with E-state index in [1.807, 2.05) is 12.2 Å². The zero-order chi connectivity index (χ0) is 9.90. The van der Waals surface area contributed by atoms with Gasteiger partial charge in [-0.2, -0.15) is 0 Å². The summed E-state index contributed by atoms with van der Waals surface area (Å²) in [7, 11) is 0. The highest BCUT2D eigenvalue weighted by atomic mass is 14.7. The molecule has 0 amide bonds. The molecule has 0 radical (unpaired) electrons. The summed E-state index contributed by atoms with van der Waals surface area (Å²) in [6.07, 6.45) is 8.15. The molecule has 0 saturated heterocycles. The van der Waals surface area contributed by atoms with Crippen molar-refractivity contribution in [2.75, 3.05) is 6.54 Å². The van der Waals surface area contributed by atoms with Gasteiger partial charge in [-0.1, -0.05) is 44.7 Å². The molecule has 13 heavy (non-hydrogen) atoms. The molecule has 1 heteroatoms. The second-order valence-electron chi connectivity index (χ2n) is 3.86. The average Bonchev–Trinajstić information content (AvgIpc) is 2.12. The molecular formula is C12H17N. The third-order valence-electron chi connectivity index (χ3n) is 2.69. The Balaban J connectivity index is 3.05. The van der Waals surface area contributed by atoms with Crippen LogP contribution in [0.1, 0.15) is 20.8 Å². The van der Waals surface area contributed by atoms with Crippen molar-refractivity contribution in [3.63, 3.8) is 0 Å². The Morgan fingerprint density at radius 2 is 2.08 bits per heavy atom. The second-order valence-corrected chi connectivity index (χ2v) is 3.86. The van der Waals surface area contributed by atoms with Gasteiger partial charge >= 0.3 is 0 Å². The van der Waals surface area contributed by atoms with Gasteiger partial charge in [-0.15, -0.1) is 0 Å². The third-order valence-corrected chi connectivity index (χ3v) is 2.69. The molecule has 1 rings (SSSR count). The molecule has 0 saturated carbocycles. The second kappa shape index (κ2) is 3.73. The van der Waals surface area contributed by atoms with Crippen molar-refractivity contribution in [2.24, 2.45) is 10.4 Å². The van der Waals surface area contributed by atoms with Gasteiger partial charge in [0.05, 0.1) is 6.54 Å². The lowest BCUT2D eigenvalue weighted by Crippen LogP contribution is -2.23. The standard InChI is InChI=1S/C12H17N/c1-10-8-6-5-7-9-13-11(2)12(10,3)4/h5-8H,1,9H2,2-4H3/b7-5-,8-6-,13-11?. The fourth-order valence-electron chi connectivity index (χ4n) is 1.14. The van der Waals surface area contributed by atoms with E-state index in [2.05, 4.69) is 44.5 Å². The molecule has 0 aromatic heterocycles. The highest BCUT2D eigenvalue weighted by molar-refractivity contribution is 5.90. The minimum Gasteiger partial charge on any atom is -0.289 e. The fourth-order valence-corrected chi connectivity index (χ4v) is 1.14. The first-order chi connectivity index (χ1) is 6.05. The number of rotatable bonds is 0. The maximum atomic E-state index is 4.48. The van der Waals surface area contributed by atoms with Crippen molar-refractivity contribution in [3.8, 4) is 0 Å². The Morgan fingerprint density at radius 3 is 2.77 bits per heavy atom. The first-order valence-electron chi connectivity index (χ1n) is 4.59. The number of allylic oxidation sites excluding steroid dienone is 4. The van der Waals surface area contributed by atoms with Gasteiger partial charge in [-0.25, -0.2) is 0 Å². The van der Waals surface area contributed by atoms with E-state index >= 15 is 0 Å². The summed E-state index contributed by atoms with van der Waals surface area (Å²) in [6.45, 7) is 11.2. The molecule has 1 heterocycles. The van der Waals surface area contributed by atoms with E-state index in [9.17, 15) is 0 Å². The van der Waals surface area contributed by atoms with Gasteiger partial charge in [-0.3, -0.25) is 4.99 Å². The molecule has 0 aliphatic carbocycles. The summed E-state index contributed by atoms with van der Waals surface area (Å²) in [4.78, 5) is 4.48. The molecular weight excluding hydrogens is 158 g/mol. The van der Waals surface area contributed by atoms with Gasteiger partial charge in [0.25, 0.3) is 0 Å². The molecule has 0 spiro atoms. The van der Waals surface area contributed by atoms with Gasteiger partial charge in [0.2, 0.25) is 0 Å². The quantitative estimate of drug-likeness (QED) is 0.536. The lowest BCUT2D eigenvalue weighted by atomic mass is 9.80. The Bertz CT molecular complexity index is 286. The van der Waals surface area contributed by atoms with Crippen LogP contribution in [0.15, 0.2) is 41.4 Å². The van der Waals surface area contributed by atoms with Crippen LogP contribution in [0.3, 0.4) is 0 Å².